The number of anilines is 2. The summed E-state index contributed by atoms with van der Waals surface area (Å²) in [6.07, 6.45) is 2.41. The van der Waals surface area contributed by atoms with Gasteiger partial charge in [0.15, 0.2) is 0 Å². The number of para-hydroxylation sites is 1. The van der Waals surface area contributed by atoms with Crippen molar-refractivity contribution in [2.24, 2.45) is 0 Å². The van der Waals surface area contributed by atoms with Gasteiger partial charge in [-0.05, 0) is 63.3 Å². The van der Waals surface area contributed by atoms with E-state index in [0.29, 0.717) is 13.0 Å². The molecule has 2 aromatic carbocycles. The molecule has 0 aromatic heterocycles. The molecule has 1 fully saturated rings. The zero-order chi connectivity index (χ0) is 23.8. The zero-order valence-corrected chi connectivity index (χ0v) is 21.5. The largest absolute Gasteiger partial charge is 0.464 e. The highest BCUT2D eigenvalue weighted by molar-refractivity contribution is 7.99. The van der Waals surface area contributed by atoms with Gasteiger partial charge in [-0.2, -0.15) is 0 Å². The molecule has 0 radical (unpaired) electrons. The average molecular weight is 503 g/mol. The van der Waals surface area contributed by atoms with Crippen molar-refractivity contribution in [1.29, 1.82) is 0 Å². The average Bonchev–Trinajstić information content (AvgIpc) is 2.85. The summed E-state index contributed by atoms with van der Waals surface area (Å²) in [5, 5.41) is 3.83. The Bertz CT molecular complexity index is 952. The van der Waals surface area contributed by atoms with Crippen LogP contribution in [0.25, 0.3) is 0 Å². The summed E-state index contributed by atoms with van der Waals surface area (Å²) < 4.78 is 5.38. The monoisotopic (exact) mass is 502 g/mol. The second kappa shape index (κ2) is 12.8. The number of hydrogen-bond acceptors (Lipinski definition) is 7. The summed E-state index contributed by atoms with van der Waals surface area (Å²) in [5.74, 6) is -0.0885. The van der Waals surface area contributed by atoms with Crippen LogP contribution in [-0.2, 0) is 9.53 Å². The van der Waals surface area contributed by atoms with E-state index in [0.717, 1.165) is 70.2 Å². The minimum atomic E-state index is -0.0885. The fourth-order valence-electron chi connectivity index (χ4n) is 4.50. The number of hydrogen-bond donors (Lipinski definition) is 1. The summed E-state index contributed by atoms with van der Waals surface area (Å²) in [6.45, 7) is 8.39. The molecular weight excluding hydrogens is 468 g/mol. The molecule has 34 heavy (non-hydrogen) atoms. The smallest absolute Gasteiger partial charge is 0.305 e. The number of ether oxygens (including phenoxy) is 1. The highest BCUT2D eigenvalue weighted by Crippen LogP contribution is 2.48. The molecule has 2 aromatic rings. The zero-order valence-electron chi connectivity index (χ0n) is 20.0. The predicted octanol–water partition coefficient (Wildman–Crippen LogP) is 4.49. The van der Waals surface area contributed by atoms with Crippen molar-refractivity contribution in [2.75, 3.05) is 70.9 Å². The molecule has 8 heteroatoms. The predicted molar refractivity (Wildman–Crippen MR) is 141 cm³/mol. The van der Waals surface area contributed by atoms with Crippen LogP contribution in [0.5, 0.6) is 0 Å². The first-order valence-electron chi connectivity index (χ1n) is 12.2. The Morgan fingerprint density at radius 1 is 0.971 bits per heavy atom. The Morgan fingerprint density at radius 3 is 2.50 bits per heavy atom. The van der Waals surface area contributed by atoms with Crippen LogP contribution in [0, 0.1) is 0 Å². The summed E-state index contributed by atoms with van der Waals surface area (Å²) in [4.78, 5) is 21.7. The third kappa shape index (κ3) is 6.89. The Kier molecular flexibility index (Phi) is 9.53. The van der Waals surface area contributed by atoms with Crippen LogP contribution >= 0.6 is 23.4 Å². The topological polar surface area (TPSA) is 48.1 Å². The number of rotatable bonds is 11. The highest BCUT2D eigenvalue weighted by Gasteiger charge is 2.24. The van der Waals surface area contributed by atoms with Crippen molar-refractivity contribution in [3.05, 3.63) is 47.5 Å². The van der Waals surface area contributed by atoms with Gasteiger partial charge in [0.1, 0.15) is 6.61 Å². The number of carbonyl (C=O) groups is 1. The first kappa shape index (κ1) is 25.3. The number of nitrogens with zero attached hydrogens (tertiary/aromatic N) is 3. The van der Waals surface area contributed by atoms with E-state index in [2.05, 4.69) is 56.4 Å². The van der Waals surface area contributed by atoms with E-state index in [9.17, 15) is 4.79 Å². The second-order valence-electron chi connectivity index (χ2n) is 8.80. The molecule has 0 amide bonds. The molecule has 2 heterocycles. The molecule has 4 rings (SSSR count). The van der Waals surface area contributed by atoms with Gasteiger partial charge in [0.2, 0.25) is 0 Å². The lowest BCUT2D eigenvalue weighted by Crippen LogP contribution is -2.47. The minimum Gasteiger partial charge on any atom is -0.464 e. The second-order valence-corrected chi connectivity index (χ2v) is 10.3. The van der Waals surface area contributed by atoms with Gasteiger partial charge in [0.25, 0.3) is 0 Å². The number of carbonyl (C=O) groups excluding carboxylic acids is 1. The van der Waals surface area contributed by atoms with E-state index >= 15 is 0 Å². The van der Waals surface area contributed by atoms with Gasteiger partial charge in [0, 0.05) is 60.5 Å². The van der Waals surface area contributed by atoms with Crippen LogP contribution < -0.4 is 10.2 Å². The normalized spacial score (nSPS) is 16.2. The van der Waals surface area contributed by atoms with Crippen molar-refractivity contribution in [1.82, 2.24) is 15.1 Å². The van der Waals surface area contributed by atoms with Gasteiger partial charge < -0.3 is 19.9 Å². The van der Waals surface area contributed by atoms with E-state index in [1.165, 1.54) is 21.2 Å². The number of nitrogens with one attached hydrogen (secondary N) is 1. The Labute approximate surface area is 212 Å². The molecule has 1 saturated heterocycles. The third-order valence-corrected chi connectivity index (χ3v) is 7.75. The van der Waals surface area contributed by atoms with Crippen LogP contribution in [0.3, 0.4) is 0 Å². The number of benzene rings is 2. The van der Waals surface area contributed by atoms with Crippen molar-refractivity contribution >= 4 is 40.7 Å². The van der Waals surface area contributed by atoms with Crippen LogP contribution in [-0.4, -0.2) is 81.8 Å². The van der Waals surface area contributed by atoms with Crippen molar-refractivity contribution < 1.29 is 9.53 Å². The molecule has 6 nitrogen and oxygen atoms in total. The minimum absolute atomic E-state index is 0.0885. The number of piperazine rings is 1. The van der Waals surface area contributed by atoms with E-state index in [1.807, 2.05) is 24.9 Å². The van der Waals surface area contributed by atoms with Gasteiger partial charge in [-0.3, -0.25) is 9.69 Å². The maximum absolute atomic E-state index is 11.7. The molecule has 184 valence electrons. The lowest BCUT2D eigenvalue weighted by atomic mass is 10.2. The van der Waals surface area contributed by atoms with Crippen LogP contribution in [0.15, 0.2) is 52.3 Å². The van der Waals surface area contributed by atoms with Crippen molar-refractivity contribution in [2.45, 2.75) is 29.1 Å². The number of fused-ring (bicyclic) bond motifs is 2. The maximum atomic E-state index is 11.7. The molecule has 0 unspecified atom stereocenters. The Hall–Kier alpha value is -1.77. The van der Waals surface area contributed by atoms with Gasteiger partial charge in [0.05, 0.1) is 11.4 Å². The van der Waals surface area contributed by atoms with Crippen molar-refractivity contribution in [3.8, 4) is 0 Å². The quantitative estimate of drug-likeness (QED) is 0.358. The first-order valence-corrected chi connectivity index (χ1v) is 13.4. The molecule has 2 aliphatic heterocycles. The number of halogens is 1. The van der Waals surface area contributed by atoms with Crippen LogP contribution in [0.2, 0.25) is 5.02 Å². The fourth-order valence-corrected chi connectivity index (χ4v) is 5.74. The van der Waals surface area contributed by atoms with Gasteiger partial charge >= 0.3 is 5.97 Å². The maximum Gasteiger partial charge on any atom is 0.305 e. The highest BCUT2D eigenvalue weighted by atomic mass is 35.5. The number of esters is 1. The van der Waals surface area contributed by atoms with E-state index in [-0.39, 0.29) is 5.97 Å². The summed E-state index contributed by atoms with van der Waals surface area (Å²) in [5.41, 5.74) is 2.48. The molecule has 0 spiro atoms. The molecule has 0 aliphatic carbocycles. The molecule has 0 atom stereocenters. The SMILES string of the molecule is CNCCCC(=O)OCCN1CCN(CCCN2c3ccccc3Sc3ccc(Cl)cc32)CC1. The fraction of sp³-hybridized carbons (Fsp3) is 0.500. The van der Waals surface area contributed by atoms with E-state index in [4.69, 9.17) is 16.3 Å². The molecule has 1 N–H and O–H groups in total. The molecular formula is C26H35ClN4O2S. The first-order chi connectivity index (χ1) is 16.6. The summed E-state index contributed by atoms with van der Waals surface area (Å²) in [7, 11) is 1.89. The van der Waals surface area contributed by atoms with Crippen LogP contribution in [0.4, 0.5) is 11.4 Å². The molecule has 2 aliphatic rings. The van der Waals surface area contributed by atoms with Crippen LogP contribution in [0.1, 0.15) is 19.3 Å². The van der Waals surface area contributed by atoms with Gasteiger partial charge in [-0.15, -0.1) is 0 Å². The Morgan fingerprint density at radius 2 is 1.71 bits per heavy atom. The lowest BCUT2D eigenvalue weighted by Gasteiger charge is -2.36. The molecule has 0 bridgehead atoms. The standard InChI is InChI=1S/C26H35ClN4O2S/c1-28-11-4-8-26(32)33-19-18-30-16-14-29(15-17-30)12-5-13-31-22-6-2-3-7-24(22)34-25-10-9-21(27)20-23(25)31/h2-3,6-7,9-10,20,28H,4-5,8,11-19H2,1H3. The lowest BCUT2D eigenvalue weighted by molar-refractivity contribution is -0.144. The Balaban J connectivity index is 1.20. The van der Waals surface area contributed by atoms with Gasteiger partial charge in [-0.25, -0.2) is 0 Å². The van der Waals surface area contributed by atoms with E-state index in [1.54, 1.807) is 0 Å². The summed E-state index contributed by atoms with van der Waals surface area (Å²) in [6, 6.07) is 14.8. The third-order valence-electron chi connectivity index (χ3n) is 6.39. The van der Waals surface area contributed by atoms with Gasteiger partial charge in [-0.1, -0.05) is 35.5 Å². The molecule has 0 saturated carbocycles. The van der Waals surface area contributed by atoms with E-state index < -0.39 is 0 Å². The summed E-state index contributed by atoms with van der Waals surface area (Å²) >= 11 is 8.16. The van der Waals surface area contributed by atoms with Crippen molar-refractivity contribution in [3.63, 3.8) is 0 Å².